The van der Waals surface area contributed by atoms with Crippen LogP contribution in [0.2, 0.25) is 0 Å². The summed E-state index contributed by atoms with van der Waals surface area (Å²) >= 11 is 0. The second-order valence-corrected chi connectivity index (χ2v) is 6.90. The third-order valence-electron chi connectivity index (χ3n) is 4.79. The van der Waals surface area contributed by atoms with Gasteiger partial charge < -0.3 is 14.8 Å². The number of aromatic nitrogens is 2. The molecule has 1 fully saturated rings. The van der Waals surface area contributed by atoms with Crippen molar-refractivity contribution in [3.63, 3.8) is 0 Å². The molecule has 1 aromatic carbocycles. The summed E-state index contributed by atoms with van der Waals surface area (Å²) < 4.78 is 48.8. The summed E-state index contributed by atoms with van der Waals surface area (Å²) in [6, 6.07) is 4.67. The van der Waals surface area contributed by atoms with Crippen LogP contribution in [0.25, 0.3) is 0 Å². The molecule has 1 N–H and O–H groups in total. The molecule has 0 radical (unpaired) electrons. The van der Waals surface area contributed by atoms with Crippen molar-refractivity contribution in [2.45, 2.75) is 50.4 Å². The molecule has 2 aromatic rings. The molecule has 0 aliphatic heterocycles. The van der Waals surface area contributed by atoms with Gasteiger partial charge in [-0.3, -0.25) is 4.79 Å². The van der Waals surface area contributed by atoms with Crippen LogP contribution < -0.4 is 14.8 Å². The first-order chi connectivity index (χ1) is 13.8. The largest absolute Gasteiger partial charge is 0.477 e. The number of ether oxygens (including phenoxy) is 2. The van der Waals surface area contributed by atoms with Crippen LogP contribution in [0.1, 0.15) is 36.8 Å². The number of benzene rings is 1. The minimum atomic E-state index is -4.38. The standard InChI is InChI=1S/C20H22F3N3O3/c1-28-18-19(25-11-10-24-18)29-16-8-6-15(7-9-16)26-17(27)12-13-2-4-14(5-3-13)20(21,22)23/h2-5,10-11,15-16H,6-9,12H2,1H3,(H,26,27). The third-order valence-corrected chi connectivity index (χ3v) is 4.79. The van der Waals surface area contributed by atoms with Crippen molar-refractivity contribution < 1.29 is 27.4 Å². The van der Waals surface area contributed by atoms with E-state index in [1.807, 2.05) is 0 Å². The first-order valence-corrected chi connectivity index (χ1v) is 9.32. The highest BCUT2D eigenvalue weighted by molar-refractivity contribution is 5.78. The van der Waals surface area contributed by atoms with Gasteiger partial charge in [0.05, 0.1) is 19.1 Å². The predicted molar refractivity (Wildman–Crippen MR) is 98.5 cm³/mol. The molecule has 6 nitrogen and oxygen atoms in total. The highest BCUT2D eigenvalue weighted by Gasteiger charge is 2.30. The van der Waals surface area contributed by atoms with Gasteiger partial charge in [0.25, 0.3) is 11.8 Å². The number of carbonyl (C=O) groups is 1. The van der Waals surface area contributed by atoms with Crippen LogP contribution in [-0.2, 0) is 17.4 Å². The maximum absolute atomic E-state index is 12.6. The topological polar surface area (TPSA) is 73.3 Å². The van der Waals surface area contributed by atoms with E-state index in [0.717, 1.165) is 37.8 Å². The lowest BCUT2D eigenvalue weighted by atomic mass is 9.92. The van der Waals surface area contributed by atoms with Crippen LogP contribution >= 0.6 is 0 Å². The van der Waals surface area contributed by atoms with Crippen LogP contribution in [0.5, 0.6) is 11.8 Å². The Hall–Kier alpha value is -2.84. The Labute approximate surface area is 166 Å². The molecular formula is C20H22F3N3O3. The highest BCUT2D eigenvalue weighted by atomic mass is 19.4. The zero-order valence-electron chi connectivity index (χ0n) is 15.9. The quantitative estimate of drug-likeness (QED) is 0.790. The summed E-state index contributed by atoms with van der Waals surface area (Å²) in [6.45, 7) is 0. The molecule has 0 unspecified atom stereocenters. The zero-order chi connectivity index (χ0) is 20.9. The minimum Gasteiger partial charge on any atom is -0.477 e. The number of carbonyl (C=O) groups excluding carboxylic acids is 1. The van der Waals surface area contributed by atoms with E-state index in [4.69, 9.17) is 9.47 Å². The molecule has 29 heavy (non-hydrogen) atoms. The van der Waals surface area contributed by atoms with Gasteiger partial charge in [-0.05, 0) is 43.4 Å². The monoisotopic (exact) mass is 409 g/mol. The summed E-state index contributed by atoms with van der Waals surface area (Å²) in [7, 11) is 1.50. The van der Waals surface area contributed by atoms with E-state index in [0.29, 0.717) is 17.3 Å². The van der Waals surface area contributed by atoms with Crippen LogP contribution in [-0.4, -0.2) is 35.1 Å². The number of halogens is 3. The molecule has 0 saturated heterocycles. The summed E-state index contributed by atoms with van der Waals surface area (Å²) in [5, 5.41) is 2.95. The van der Waals surface area contributed by atoms with Gasteiger partial charge in [0.2, 0.25) is 5.91 Å². The van der Waals surface area contributed by atoms with Gasteiger partial charge in [0.1, 0.15) is 6.10 Å². The van der Waals surface area contributed by atoms with Crippen molar-refractivity contribution in [3.05, 3.63) is 47.8 Å². The lowest BCUT2D eigenvalue weighted by Crippen LogP contribution is -2.40. The molecule has 1 aliphatic carbocycles. The number of rotatable bonds is 6. The number of nitrogens with zero attached hydrogens (tertiary/aromatic N) is 2. The Kier molecular flexibility index (Phi) is 6.56. The SMILES string of the molecule is COc1nccnc1OC1CCC(NC(=O)Cc2ccc(C(F)(F)F)cc2)CC1. The molecule has 0 spiro atoms. The molecule has 1 heterocycles. The Morgan fingerprint density at radius 2 is 1.69 bits per heavy atom. The smallest absolute Gasteiger partial charge is 0.416 e. The lowest BCUT2D eigenvalue weighted by molar-refractivity contribution is -0.137. The Morgan fingerprint density at radius 1 is 1.07 bits per heavy atom. The van der Waals surface area contributed by atoms with Crippen LogP contribution in [0.4, 0.5) is 13.2 Å². The van der Waals surface area contributed by atoms with E-state index in [9.17, 15) is 18.0 Å². The van der Waals surface area contributed by atoms with Gasteiger partial charge in [-0.1, -0.05) is 12.1 Å². The normalized spacial score (nSPS) is 19.4. The Morgan fingerprint density at radius 3 is 2.28 bits per heavy atom. The molecule has 0 atom stereocenters. The van der Waals surface area contributed by atoms with E-state index in [1.165, 1.54) is 31.6 Å². The van der Waals surface area contributed by atoms with Crippen molar-refractivity contribution in [3.8, 4) is 11.8 Å². The lowest BCUT2D eigenvalue weighted by Gasteiger charge is -2.29. The molecule has 1 aromatic heterocycles. The second kappa shape index (κ2) is 9.11. The fraction of sp³-hybridized carbons (Fsp3) is 0.450. The Balaban J connectivity index is 1.45. The molecule has 0 bridgehead atoms. The maximum atomic E-state index is 12.6. The first kappa shape index (κ1) is 20.9. The van der Waals surface area contributed by atoms with Gasteiger partial charge in [0.15, 0.2) is 0 Å². The fourth-order valence-corrected chi connectivity index (χ4v) is 3.29. The first-order valence-electron chi connectivity index (χ1n) is 9.32. The van der Waals surface area contributed by atoms with Gasteiger partial charge >= 0.3 is 6.18 Å². The van der Waals surface area contributed by atoms with Crippen molar-refractivity contribution in [1.82, 2.24) is 15.3 Å². The van der Waals surface area contributed by atoms with Gasteiger partial charge in [0, 0.05) is 18.4 Å². The van der Waals surface area contributed by atoms with Crippen molar-refractivity contribution in [1.29, 1.82) is 0 Å². The molecule has 1 aliphatic rings. The van der Waals surface area contributed by atoms with E-state index in [1.54, 1.807) is 0 Å². The number of hydrogen-bond acceptors (Lipinski definition) is 5. The number of hydrogen-bond donors (Lipinski definition) is 1. The molecule has 1 amide bonds. The number of methoxy groups -OCH3 is 1. The third kappa shape index (κ3) is 5.82. The average Bonchev–Trinajstić information content (AvgIpc) is 2.69. The van der Waals surface area contributed by atoms with E-state index in [-0.39, 0.29) is 24.5 Å². The number of alkyl halides is 3. The summed E-state index contributed by atoms with van der Waals surface area (Å²) in [4.78, 5) is 20.4. The molecule has 3 rings (SSSR count). The fourth-order valence-electron chi connectivity index (χ4n) is 3.29. The summed E-state index contributed by atoms with van der Waals surface area (Å²) in [6.07, 6.45) is 1.65. The number of amides is 1. The predicted octanol–water partition coefficient (Wildman–Crippen LogP) is 3.55. The minimum absolute atomic E-state index is 0.0144. The summed E-state index contributed by atoms with van der Waals surface area (Å²) in [5.74, 6) is 0.481. The Bertz CT molecular complexity index is 820. The van der Waals surface area contributed by atoms with Crippen LogP contribution in [0.3, 0.4) is 0 Å². The summed E-state index contributed by atoms with van der Waals surface area (Å²) in [5.41, 5.74) is -0.179. The van der Waals surface area contributed by atoms with Gasteiger partial charge in [-0.15, -0.1) is 0 Å². The second-order valence-electron chi connectivity index (χ2n) is 6.90. The van der Waals surface area contributed by atoms with E-state index in [2.05, 4.69) is 15.3 Å². The maximum Gasteiger partial charge on any atom is 0.416 e. The van der Waals surface area contributed by atoms with Crippen molar-refractivity contribution in [2.24, 2.45) is 0 Å². The van der Waals surface area contributed by atoms with Gasteiger partial charge in [-0.25, -0.2) is 9.97 Å². The molecular weight excluding hydrogens is 387 g/mol. The highest BCUT2D eigenvalue weighted by Crippen LogP contribution is 2.29. The zero-order valence-corrected chi connectivity index (χ0v) is 15.9. The van der Waals surface area contributed by atoms with Crippen LogP contribution in [0, 0.1) is 0 Å². The molecule has 1 saturated carbocycles. The van der Waals surface area contributed by atoms with Crippen molar-refractivity contribution >= 4 is 5.91 Å². The number of nitrogens with one attached hydrogen (secondary N) is 1. The van der Waals surface area contributed by atoms with E-state index < -0.39 is 11.7 Å². The van der Waals surface area contributed by atoms with E-state index >= 15 is 0 Å². The van der Waals surface area contributed by atoms with Gasteiger partial charge in [-0.2, -0.15) is 13.2 Å². The average molecular weight is 409 g/mol. The van der Waals surface area contributed by atoms with Crippen molar-refractivity contribution in [2.75, 3.05) is 7.11 Å². The molecule has 9 heteroatoms. The molecule has 156 valence electrons. The van der Waals surface area contributed by atoms with Crippen LogP contribution in [0.15, 0.2) is 36.7 Å².